The molecule has 460 valence electrons. The van der Waals surface area contributed by atoms with E-state index < -0.39 is 0 Å². The number of piperidine rings is 2. The number of hydrogen-bond acceptors (Lipinski definition) is 12. The van der Waals surface area contributed by atoms with E-state index in [-0.39, 0.29) is 36.0 Å². The van der Waals surface area contributed by atoms with Gasteiger partial charge in [0.15, 0.2) is 23.0 Å². The van der Waals surface area contributed by atoms with Gasteiger partial charge in [0.25, 0.3) is 11.8 Å². The van der Waals surface area contributed by atoms with Crippen molar-refractivity contribution in [2.24, 2.45) is 5.92 Å². The molecule has 0 atom stereocenters. The maximum atomic E-state index is 12.9. The summed E-state index contributed by atoms with van der Waals surface area (Å²) in [6.07, 6.45) is 8.15. The molecule has 0 saturated carbocycles. The molecule has 18 nitrogen and oxygen atoms in total. The molecule has 18 heteroatoms. The van der Waals surface area contributed by atoms with Crippen LogP contribution in [0, 0.1) is 5.92 Å². The van der Waals surface area contributed by atoms with Crippen LogP contribution in [0.4, 0.5) is 43.7 Å². The van der Waals surface area contributed by atoms with E-state index in [0.717, 1.165) is 76.1 Å². The highest BCUT2D eigenvalue weighted by Gasteiger charge is 2.21. The van der Waals surface area contributed by atoms with E-state index in [0.29, 0.717) is 93.5 Å². The van der Waals surface area contributed by atoms with Gasteiger partial charge in [0.2, 0.25) is 0 Å². The zero-order chi connectivity index (χ0) is 61.2. The summed E-state index contributed by atoms with van der Waals surface area (Å²) in [5.41, 5.74) is 5.88. The molecule has 6 aromatic rings. The van der Waals surface area contributed by atoms with Crippen LogP contribution in [-0.2, 0) is 0 Å². The summed E-state index contributed by atoms with van der Waals surface area (Å²) in [6.45, 7) is 21.6. The first-order chi connectivity index (χ1) is 41.8. The Morgan fingerprint density at radius 3 is 1.35 bits per heavy atom. The average Bonchev–Trinajstić information content (AvgIpc) is 3.55. The molecule has 2 aliphatic rings. The van der Waals surface area contributed by atoms with Crippen LogP contribution in [0.5, 0.6) is 34.5 Å². The Kier molecular flexibility index (Phi) is 25.6. The first-order valence-corrected chi connectivity index (χ1v) is 30.8. The molecular weight excluding hydrogens is 1080 g/mol. The predicted molar refractivity (Wildman–Crippen MR) is 348 cm³/mol. The highest BCUT2D eigenvalue weighted by molar-refractivity contribution is 6.05. The molecule has 86 heavy (non-hydrogen) atoms. The summed E-state index contributed by atoms with van der Waals surface area (Å²) < 4.78 is 23.7. The van der Waals surface area contributed by atoms with Gasteiger partial charge in [-0.2, -0.15) is 0 Å². The molecule has 2 heterocycles. The Labute approximate surface area is 508 Å². The average molecular weight is 1180 g/mol. The smallest absolute Gasteiger partial charge is 0.319 e. The van der Waals surface area contributed by atoms with Crippen LogP contribution < -0.4 is 66.4 Å². The van der Waals surface area contributed by atoms with E-state index in [1.54, 1.807) is 84.9 Å². The standard InChI is InChI=1S/C35H47N5O4.C33H43N5O4/c1-5-27(6-2)38-35(42)39-30-15-18-32(33(23-30)43-8-4)44-31-16-13-29(14-17-31)37-34(41)26-9-11-28(12-10-26)36-24-25-19-21-40(7-3)22-20-25;1-5-24(6-2)36-33(40)37-26-12-17-30(31(22-26)41-7-3)42-29-15-10-25(11-16-29)35-32(39)23-8-13-27(14-9-23)38(4)28-18-20-34-21-19-28/h9-18,23,25,27,36H,5-8,19-22,24H2,1-4H3,(H,37,41)(H2,38,39,42);8-17,22,24,28,34H,5-7,18-21H2,1-4H3,(H,35,39)(H2,36,37,40). The van der Waals surface area contributed by atoms with Crippen molar-refractivity contribution in [1.82, 2.24) is 20.9 Å². The highest BCUT2D eigenvalue weighted by atomic mass is 16.5. The SMILES string of the molecule is CCOc1cc(NC(=O)NC(CC)CC)ccc1Oc1ccc(NC(=O)c2ccc(N(C)C3CCNCC3)cc2)cc1.CCOc1cc(NC(=O)NC(CC)CC)ccc1Oc1ccc(NC(=O)c2ccc(NCC3CCN(CC)CC3)cc2)cc1. The summed E-state index contributed by atoms with van der Waals surface area (Å²) in [5.74, 6) is 3.60. The highest BCUT2D eigenvalue weighted by Crippen LogP contribution is 2.36. The third-order valence-corrected chi connectivity index (χ3v) is 15.6. The molecule has 0 spiro atoms. The number of nitrogens with one attached hydrogen (secondary N) is 8. The van der Waals surface area contributed by atoms with Crippen molar-refractivity contribution in [3.63, 3.8) is 0 Å². The number of nitrogens with zero attached hydrogens (tertiary/aromatic N) is 2. The van der Waals surface area contributed by atoms with Crippen LogP contribution in [0.3, 0.4) is 0 Å². The van der Waals surface area contributed by atoms with E-state index in [4.69, 9.17) is 18.9 Å². The van der Waals surface area contributed by atoms with Crippen molar-refractivity contribution >= 4 is 58.0 Å². The predicted octanol–water partition coefficient (Wildman–Crippen LogP) is 14.2. The molecule has 2 fully saturated rings. The van der Waals surface area contributed by atoms with E-state index >= 15 is 0 Å². The number of amides is 6. The fourth-order valence-electron chi connectivity index (χ4n) is 10.2. The molecule has 0 aromatic heterocycles. The van der Waals surface area contributed by atoms with Gasteiger partial charge in [-0.1, -0.05) is 34.6 Å². The maximum Gasteiger partial charge on any atom is 0.319 e. The number of carbonyl (C=O) groups is 4. The summed E-state index contributed by atoms with van der Waals surface area (Å²) >= 11 is 0. The molecule has 2 aliphatic heterocycles. The van der Waals surface area contributed by atoms with Crippen molar-refractivity contribution in [3.05, 3.63) is 145 Å². The molecule has 2 saturated heterocycles. The van der Waals surface area contributed by atoms with Crippen LogP contribution in [0.2, 0.25) is 0 Å². The Morgan fingerprint density at radius 1 is 0.512 bits per heavy atom. The second-order valence-electron chi connectivity index (χ2n) is 21.5. The largest absolute Gasteiger partial charge is 0.490 e. The van der Waals surface area contributed by atoms with E-state index in [1.165, 1.54) is 25.9 Å². The number of likely N-dealkylation sites (tertiary alicyclic amines) is 1. The molecule has 0 unspecified atom stereocenters. The lowest BCUT2D eigenvalue weighted by Crippen LogP contribution is -2.41. The minimum Gasteiger partial charge on any atom is -0.490 e. The minimum absolute atomic E-state index is 0.128. The first-order valence-electron chi connectivity index (χ1n) is 30.8. The number of rotatable bonds is 26. The zero-order valence-corrected chi connectivity index (χ0v) is 51.5. The lowest BCUT2D eigenvalue weighted by atomic mass is 9.97. The first kappa shape index (κ1) is 65.1. The number of anilines is 6. The van der Waals surface area contributed by atoms with Gasteiger partial charge in [0.1, 0.15) is 11.5 Å². The molecule has 0 bridgehead atoms. The van der Waals surface area contributed by atoms with Gasteiger partial charge in [-0.15, -0.1) is 0 Å². The summed E-state index contributed by atoms with van der Waals surface area (Å²) in [4.78, 5) is 55.3. The summed E-state index contributed by atoms with van der Waals surface area (Å²) in [5, 5.41) is 24.5. The Balaban J connectivity index is 0.000000246. The zero-order valence-electron chi connectivity index (χ0n) is 51.5. The van der Waals surface area contributed by atoms with Gasteiger partial charge >= 0.3 is 12.1 Å². The fourth-order valence-corrected chi connectivity index (χ4v) is 10.2. The van der Waals surface area contributed by atoms with Gasteiger partial charge in [0.05, 0.1) is 13.2 Å². The Bertz CT molecular complexity index is 3050. The monoisotopic (exact) mass is 1170 g/mol. The summed E-state index contributed by atoms with van der Waals surface area (Å²) in [6, 6.07) is 40.5. The van der Waals surface area contributed by atoms with E-state index in [2.05, 4.69) is 66.3 Å². The molecule has 0 aliphatic carbocycles. The van der Waals surface area contributed by atoms with Gasteiger partial charge in [0, 0.05) is 89.1 Å². The number of urea groups is 2. The molecule has 6 aromatic carbocycles. The van der Waals surface area contributed by atoms with Crippen LogP contribution in [-0.4, -0.2) is 106 Å². The van der Waals surface area contributed by atoms with Crippen molar-refractivity contribution < 1.29 is 38.1 Å². The third kappa shape index (κ3) is 20.1. The molecular formula is C68H90N10O8. The van der Waals surface area contributed by atoms with E-state index in [9.17, 15) is 19.2 Å². The number of carbonyl (C=O) groups excluding carboxylic acids is 4. The van der Waals surface area contributed by atoms with Crippen LogP contribution in [0.25, 0.3) is 0 Å². The minimum atomic E-state index is -0.252. The number of hydrogen-bond donors (Lipinski definition) is 8. The third-order valence-electron chi connectivity index (χ3n) is 15.6. The molecule has 8 rings (SSSR count). The Hall–Kier alpha value is -8.48. The second-order valence-corrected chi connectivity index (χ2v) is 21.5. The van der Waals surface area contributed by atoms with Crippen molar-refractivity contribution in [2.45, 2.75) is 118 Å². The van der Waals surface area contributed by atoms with Crippen LogP contribution in [0.1, 0.15) is 121 Å². The number of ether oxygens (including phenoxy) is 4. The maximum absolute atomic E-state index is 12.9. The van der Waals surface area contributed by atoms with Crippen molar-refractivity contribution in [3.8, 4) is 34.5 Å². The molecule has 0 radical (unpaired) electrons. The Morgan fingerprint density at radius 2 is 0.930 bits per heavy atom. The van der Waals surface area contributed by atoms with Gasteiger partial charge in [-0.25, -0.2) is 9.59 Å². The van der Waals surface area contributed by atoms with Crippen molar-refractivity contribution in [2.75, 3.05) is 91.0 Å². The van der Waals surface area contributed by atoms with Crippen LogP contribution >= 0.6 is 0 Å². The quantitative estimate of drug-likeness (QED) is 0.0255. The second kappa shape index (κ2) is 33.9. The lowest BCUT2D eigenvalue weighted by Gasteiger charge is -2.33. The van der Waals surface area contributed by atoms with Gasteiger partial charge in [-0.05, 0) is 225 Å². The summed E-state index contributed by atoms with van der Waals surface area (Å²) in [7, 11) is 2.12. The van der Waals surface area contributed by atoms with Gasteiger partial charge < -0.3 is 71.3 Å². The lowest BCUT2D eigenvalue weighted by molar-refractivity contribution is 0.101. The van der Waals surface area contributed by atoms with Crippen LogP contribution in [0.15, 0.2) is 133 Å². The topological polar surface area (TPSA) is 208 Å². The van der Waals surface area contributed by atoms with Crippen molar-refractivity contribution in [1.29, 1.82) is 0 Å². The normalized spacial score (nSPS) is 13.6. The molecule has 8 N–H and O–H groups in total. The van der Waals surface area contributed by atoms with E-state index in [1.807, 2.05) is 90.1 Å². The fraction of sp³-hybridized carbons (Fsp3) is 0.412. The van der Waals surface area contributed by atoms with Gasteiger partial charge in [-0.3, -0.25) is 9.59 Å². The molecule has 6 amide bonds. The number of benzene rings is 6.